The van der Waals surface area contributed by atoms with Crippen LogP contribution in [0.1, 0.15) is 11.4 Å². The second-order valence-electron chi connectivity index (χ2n) is 3.27. The Balaban J connectivity index is 2.02. The van der Waals surface area contributed by atoms with Crippen molar-refractivity contribution < 1.29 is 0 Å². The van der Waals surface area contributed by atoms with E-state index in [1.807, 2.05) is 0 Å². The smallest absolute Gasteiger partial charge is 0.175 e. The number of nitrogen functional groups attached to an aromatic ring is 1. The van der Waals surface area contributed by atoms with E-state index in [4.69, 9.17) is 5.73 Å². The van der Waals surface area contributed by atoms with Gasteiger partial charge in [0.2, 0.25) is 0 Å². The zero-order valence-electron chi connectivity index (χ0n) is 8.46. The van der Waals surface area contributed by atoms with Crippen molar-refractivity contribution in [1.29, 1.82) is 0 Å². The van der Waals surface area contributed by atoms with E-state index in [1.165, 1.54) is 4.80 Å². The van der Waals surface area contributed by atoms with Crippen LogP contribution in [0.4, 0.5) is 5.69 Å². The zero-order chi connectivity index (χ0) is 10.7. The van der Waals surface area contributed by atoms with Crippen molar-refractivity contribution in [2.45, 2.75) is 12.8 Å². The number of aromatic nitrogens is 5. The largest absolute Gasteiger partial charge is 0.398 e. The van der Waals surface area contributed by atoms with Gasteiger partial charge in [-0.15, -0.1) is 10.2 Å². The third kappa shape index (κ3) is 2.28. The van der Waals surface area contributed by atoms with Gasteiger partial charge in [0.05, 0.1) is 7.05 Å². The Hall–Kier alpha value is -1.98. The maximum absolute atomic E-state index is 5.79. The number of hydrogen-bond acceptors (Lipinski definition) is 5. The molecule has 2 N–H and O–H groups in total. The van der Waals surface area contributed by atoms with E-state index in [0.717, 1.165) is 29.9 Å². The second kappa shape index (κ2) is 4.04. The number of pyridine rings is 1. The van der Waals surface area contributed by atoms with Crippen LogP contribution in [0.3, 0.4) is 0 Å². The fraction of sp³-hybridized carbons (Fsp3) is 0.333. The summed E-state index contributed by atoms with van der Waals surface area (Å²) in [7, 11) is 1.74. The molecule has 0 aliphatic heterocycles. The minimum atomic E-state index is 0.723. The first kappa shape index (κ1) is 9.57. The molecular weight excluding hydrogens is 192 g/mol. The molecule has 0 aliphatic carbocycles. The molecule has 0 atom stereocenters. The van der Waals surface area contributed by atoms with Crippen molar-refractivity contribution in [3.63, 3.8) is 0 Å². The molecule has 2 rings (SSSR count). The third-order valence-electron chi connectivity index (χ3n) is 2.11. The van der Waals surface area contributed by atoms with E-state index in [-0.39, 0.29) is 0 Å². The average molecular weight is 204 g/mol. The topological polar surface area (TPSA) is 82.5 Å². The number of rotatable bonds is 3. The monoisotopic (exact) mass is 204 g/mol. The van der Waals surface area contributed by atoms with Crippen LogP contribution >= 0.6 is 0 Å². The van der Waals surface area contributed by atoms with E-state index in [2.05, 4.69) is 20.4 Å². The summed E-state index contributed by atoms with van der Waals surface area (Å²) in [5.41, 5.74) is 7.56. The first-order valence-electron chi connectivity index (χ1n) is 4.67. The Kier molecular flexibility index (Phi) is 2.57. The molecule has 0 radical (unpaired) electrons. The summed E-state index contributed by atoms with van der Waals surface area (Å²) in [4.78, 5) is 5.47. The Morgan fingerprint density at radius 3 is 2.93 bits per heavy atom. The lowest BCUT2D eigenvalue weighted by molar-refractivity contribution is 0.627. The fourth-order valence-corrected chi connectivity index (χ4v) is 1.32. The molecule has 0 amide bonds. The summed E-state index contributed by atoms with van der Waals surface area (Å²) in [6, 6.07) is 1.79. The molecule has 0 saturated carbocycles. The van der Waals surface area contributed by atoms with Crippen molar-refractivity contribution >= 4 is 5.69 Å². The van der Waals surface area contributed by atoms with E-state index in [0.29, 0.717) is 0 Å². The van der Waals surface area contributed by atoms with Gasteiger partial charge in [0.15, 0.2) is 5.82 Å². The SMILES string of the molecule is Cn1nnc(CCc2cnccc2N)n1. The summed E-state index contributed by atoms with van der Waals surface area (Å²) in [5, 5.41) is 11.7. The van der Waals surface area contributed by atoms with Crippen molar-refractivity contribution in [3.05, 3.63) is 29.8 Å². The van der Waals surface area contributed by atoms with Gasteiger partial charge >= 0.3 is 0 Å². The Morgan fingerprint density at radius 1 is 1.40 bits per heavy atom. The number of tetrazole rings is 1. The van der Waals surface area contributed by atoms with Crippen LogP contribution < -0.4 is 5.73 Å². The highest BCUT2D eigenvalue weighted by Crippen LogP contribution is 2.10. The number of nitrogens with zero attached hydrogens (tertiary/aromatic N) is 5. The molecule has 0 saturated heterocycles. The third-order valence-corrected chi connectivity index (χ3v) is 2.11. The summed E-state index contributed by atoms with van der Waals surface area (Å²) in [6.07, 6.45) is 4.96. The van der Waals surface area contributed by atoms with E-state index >= 15 is 0 Å². The highest BCUT2D eigenvalue weighted by Gasteiger charge is 2.03. The lowest BCUT2D eigenvalue weighted by atomic mass is 10.1. The van der Waals surface area contributed by atoms with Crippen LogP contribution in [0.2, 0.25) is 0 Å². The molecule has 2 aromatic rings. The predicted octanol–water partition coefficient (Wildman–Crippen LogP) is -0.0275. The Labute approximate surface area is 87.1 Å². The minimum Gasteiger partial charge on any atom is -0.398 e. The second-order valence-corrected chi connectivity index (χ2v) is 3.27. The molecule has 6 heteroatoms. The summed E-state index contributed by atoms with van der Waals surface area (Å²) in [5.74, 6) is 0.723. The minimum absolute atomic E-state index is 0.723. The molecule has 0 unspecified atom stereocenters. The van der Waals surface area contributed by atoms with Gasteiger partial charge in [-0.05, 0) is 23.3 Å². The summed E-state index contributed by atoms with van der Waals surface area (Å²) >= 11 is 0. The van der Waals surface area contributed by atoms with Crippen molar-refractivity contribution in [3.8, 4) is 0 Å². The number of nitrogens with two attached hydrogens (primary N) is 1. The van der Waals surface area contributed by atoms with Crippen molar-refractivity contribution in [2.24, 2.45) is 7.05 Å². The van der Waals surface area contributed by atoms with Crippen LogP contribution in [-0.4, -0.2) is 25.2 Å². The molecule has 0 aromatic carbocycles. The maximum Gasteiger partial charge on any atom is 0.175 e. The van der Waals surface area contributed by atoms with E-state index in [1.54, 1.807) is 25.5 Å². The highest BCUT2D eigenvalue weighted by molar-refractivity contribution is 5.44. The van der Waals surface area contributed by atoms with Gasteiger partial charge in [-0.1, -0.05) is 0 Å². The maximum atomic E-state index is 5.79. The lowest BCUT2D eigenvalue weighted by Crippen LogP contribution is -1.99. The van der Waals surface area contributed by atoms with Gasteiger partial charge < -0.3 is 5.73 Å². The first-order valence-corrected chi connectivity index (χ1v) is 4.67. The fourth-order valence-electron chi connectivity index (χ4n) is 1.32. The average Bonchev–Trinajstić information content (AvgIpc) is 2.63. The molecule has 2 aromatic heterocycles. The molecule has 0 fully saturated rings. The first-order chi connectivity index (χ1) is 7.25. The number of aryl methyl sites for hydroxylation is 3. The molecule has 0 bridgehead atoms. The molecule has 0 spiro atoms. The van der Waals surface area contributed by atoms with Crippen LogP contribution in [0, 0.1) is 0 Å². The summed E-state index contributed by atoms with van der Waals surface area (Å²) in [6.45, 7) is 0. The van der Waals surface area contributed by atoms with Crippen LogP contribution in [0.5, 0.6) is 0 Å². The van der Waals surface area contributed by atoms with E-state index < -0.39 is 0 Å². The van der Waals surface area contributed by atoms with Gasteiger partial charge in [0.1, 0.15) is 0 Å². The lowest BCUT2D eigenvalue weighted by Gasteiger charge is -2.01. The molecule has 0 aliphatic rings. The molecule has 78 valence electrons. The standard InChI is InChI=1S/C9H12N6/c1-15-13-9(12-14-15)3-2-7-6-11-5-4-8(7)10/h4-6H,2-3H2,1H3,(H2,10,11). The molecule has 2 heterocycles. The van der Waals surface area contributed by atoms with Crippen molar-refractivity contribution in [1.82, 2.24) is 25.2 Å². The number of hydrogen-bond donors (Lipinski definition) is 1. The Morgan fingerprint density at radius 2 is 2.27 bits per heavy atom. The normalized spacial score (nSPS) is 10.5. The van der Waals surface area contributed by atoms with Crippen molar-refractivity contribution in [2.75, 3.05) is 5.73 Å². The van der Waals surface area contributed by atoms with Gasteiger partial charge in [0, 0.05) is 24.5 Å². The quantitative estimate of drug-likeness (QED) is 0.759. The van der Waals surface area contributed by atoms with Gasteiger partial charge in [-0.25, -0.2) is 0 Å². The number of anilines is 1. The zero-order valence-corrected chi connectivity index (χ0v) is 8.46. The van der Waals surface area contributed by atoms with Gasteiger partial charge in [0.25, 0.3) is 0 Å². The van der Waals surface area contributed by atoms with Crippen LogP contribution in [0.15, 0.2) is 18.5 Å². The molecule has 15 heavy (non-hydrogen) atoms. The molecular formula is C9H12N6. The molecule has 6 nitrogen and oxygen atoms in total. The Bertz CT molecular complexity index is 449. The van der Waals surface area contributed by atoms with E-state index in [9.17, 15) is 0 Å². The summed E-state index contributed by atoms with van der Waals surface area (Å²) < 4.78 is 0. The van der Waals surface area contributed by atoms with Crippen LogP contribution in [0.25, 0.3) is 0 Å². The predicted molar refractivity (Wildman–Crippen MR) is 54.9 cm³/mol. The van der Waals surface area contributed by atoms with Gasteiger partial charge in [-0.3, -0.25) is 4.98 Å². The highest BCUT2D eigenvalue weighted by atomic mass is 15.6. The van der Waals surface area contributed by atoms with Crippen LogP contribution in [-0.2, 0) is 19.9 Å². The van der Waals surface area contributed by atoms with Gasteiger partial charge in [-0.2, -0.15) is 4.80 Å².